The Kier molecular flexibility index (Phi) is 11.3. The molecular formula is C26H33N3O6. The second-order valence-corrected chi connectivity index (χ2v) is 8.20. The maximum atomic E-state index is 12.7. The fourth-order valence-electron chi connectivity index (χ4n) is 3.08. The van der Waals surface area contributed by atoms with Crippen LogP contribution in [0.2, 0.25) is 0 Å². The van der Waals surface area contributed by atoms with Gasteiger partial charge in [-0.25, -0.2) is 10.2 Å². The van der Waals surface area contributed by atoms with Crippen molar-refractivity contribution in [3.8, 4) is 11.5 Å². The number of carbonyl (C=O) groups excluding carboxylic acids is 3. The summed E-state index contributed by atoms with van der Waals surface area (Å²) in [6.45, 7) is 7.42. The Morgan fingerprint density at radius 3 is 2.51 bits per heavy atom. The van der Waals surface area contributed by atoms with Crippen LogP contribution in [-0.4, -0.2) is 49.9 Å². The summed E-state index contributed by atoms with van der Waals surface area (Å²) in [6.07, 6.45) is 1.89. The van der Waals surface area contributed by atoms with Crippen molar-refractivity contribution >= 4 is 24.0 Å². The van der Waals surface area contributed by atoms with Gasteiger partial charge in [0, 0.05) is 0 Å². The highest BCUT2D eigenvalue weighted by Crippen LogP contribution is 2.16. The number of carbonyl (C=O) groups is 3. The molecule has 1 atom stereocenters. The molecule has 2 aromatic carbocycles. The molecule has 0 unspecified atom stereocenters. The summed E-state index contributed by atoms with van der Waals surface area (Å²) >= 11 is 0. The molecule has 0 radical (unpaired) electrons. The molecule has 2 N–H and O–H groups in total. The van der Waals surface area contributed by atoms with Gasteiger partial charge in [0.15, 0.2) is 13.2 Å². The minimum absolute atomic E-state index is 0.167. The summed E-state index contributed by atoms with van der Waals surface area (Å²) in [5, 5.41) is 6.71. The molecule has 0 heterocycles. The van der Waals surface area contributed by atoms with Crippen LogP contribution < -0.4 is 20.2 Å². The fourth-order valence-corrected chi connectivity index (χ4v) is 3.08. The van der Waals surface area contributed by atoms with Crippen molar-refractivity contribution in [1.82, 2.24) is 10.7 Å². The Balaban J connectivity index is 1.91. The van der Waals surface area contributed by atoms with Crippen LogP contribution in [0, 0.1) is 12.8 Å². The van der Waals surface area contributed by atoms with Crippen LogP contribution in [0.25, 0.3) is 0 Å². The smallest absolute Gasteiger partial charge is 0.344 e. The van der Waals surface area contributed by atoms with E-state index in [-0.39, 0.29) is 25.7 Å². The summed E-state index contributed by atoms with van der Waals surface area (Å²) < 4.78 is 15.8. The van der Waals surface area contributed by atoms with Gasteiger partial charge in [0.2, 0.25) is 0 Å². The quantitative estimate of drug-likeness (QED) is 0.257. The summed E-state index contributed by atoms with van der Waals surface area (Å²) in [5.41, 5.74) is 4.04. The Bertz CT molecular complexity index is 1020. The zero-order valence-corrected chi connectivity index (χ0v) is 20.6. The number of aryl methyl sites for hydroxylation is 1. The Morgan fingerprint density at radius 2 is 1.80 bits per heavy atom. The highest BCUT2D eigenvalue weighted by molar-refractivity contribution is 5.89. The Morgan fingerprint density at radius 1 is 1.03 bits per heavy atom. The molecule has 2 aromatic rings. The first-order valence-corrected chi connectivity index (χ1v) is 11.5. The van der Waals surface area contributed by atoms with Crippen LogP contribution in [0.4, 0.5) is 0 Å². The van der Waals surface area contributed by atoms with Gasteiger partial charge in [-0.15, -0.1) is 0 Å². The number of hydrogen-bond donors (Lipinski definition) is 2. The number of nitrogens with one attached hydrogen (secondary N) is 2. The second-order valence-electron chi connectivity index (χ2n) is 8.20. The van der Waals surface area contributed by atoms with Crippen LogP contribution in [0.15, 0.2) is 53.6 Å². The average Bonchev–Trinajstić information content (AvgIpc) is 2.82. The van der Waals surface area contributed by atoms with Crippen molar-refractivity contribution in [2.24, 2.45) is 11.0 Å². The second kappa shape index (κ2) is 14.4. The van der Waals surface area contributed by atoms with Gasteiger partial charge < -0.3 is 19.5 Å². The molecule has 9 heteroatoms. The highest BCUT2D eigenvalue weighted by Gasteiger charge is 2.22. The lowest BCUT2D eigenvalue weighted by Gasteiger charge is -2.19. The molecule has 0 spiro atoms. The fraction of sp³-hybridized carbons (Fsp3) is 0.385. The molecular weight excluding hydrogens is 450 g/mol. The van der Waals surface area contributed by atoms with E-state index in [0.29, 0.717) is 23.5 Å². The standard InChI is InChI=1S/C26H33N3O6/c1-5-33-25(31)17-34-21-11-8-10-20(14-21)15-27-29-26(32)22(13-18(2)3)28-24(30)16-35-23-12-7-6-9-19(23)4/h6-12,14-15,18,22H,5,13,16-17H2,1-4H3,(H,28,30)(H,29,32)/b27-15-/t22-/m1/s1. The first kappa shape index (κ1) is 27.4. The Hall–Kier alpha value is -3.88. The van der Waals surface area contributed by atoms with E-state index in [1.54, 1.807) is 37.3 Å². The highest BCUT2D eigenvalue weighted by atomic mass is 16.6. The lowest BCUT2D eigenvalue weighted by Crippen LogP contribution is -2.47. The number of hydrogen-bond acceptors (Lipinski definition) is 7. The van der Waals surface area contributed by atoms with E-state index in [0.717, 1.165) is 5.56 Å². The molecule has 0 aliphatic heterocycles. The van der Waals surface area contributed by atoms with Crippen LogP contribution >= 0.6 is 0 Å². The van der Waals surface area contributed by atoms with Gasteiger partial charge in [0.25, 0.3) is 11.8 Å². The molecule has 0 aromatic heterocycles. The monoisotopic (exact) mass is 483 g/mol. The average molecular weight is 484 g/mol. The zero-order chi connectivity index (χ0) is 25.6. The van der Waals surface area contributed by atoms with Gasteiger partial charge in [0.1, 0.15) is 17.5 Å². The minimum atomic E-state index is -0.764. The summed E-state index contributed by atoms with van der Waals surface area (Å²) in [7, 11) is 0. The van der Waals surface area contributed by atoms with Crippen molar-refractivity contribution in [1.29, 1.82) is 0 Å². The van der Waals surface area contributed by atoms with E-state index >= 15 is 0 Å². The first-order valence-electron chi connectivity index (χ1n) is 11.5. The third kappa shape index (κ3) is 10.3. The maximum absolute atomic E-state index is 12.7. The van der Waals surface area contributed by atoms with Crippen LogP contribution in [0.5, 0.6) is 11.5 Å². The maximum Gasteiger partial charge on any atom is 0.344 e. The van der Waals surface area contributed by atoms with Gasteiger partial charge in [-0.1, -0.05) is 44.2 Å². The van der Waals surface area contributed by atoms with Crippen molar-refractivity contribution < 1.29 is 28.6 Å². The third-order valence-electron chi connectivity index (χ3n) is 4.72. The summed E-state index contributed by atoms with van der Waals surface area (Å²) in [4.78, 5) is 36.5. The van der Waals surface area contributed by atoms with Gasteiger partial charge in [-0.3, -0.25) is 9.59 Å². The molecule has 9 nitrogen and oxygen atoms in total. The number of rotatable bonds is 13. The number of ether oxygens (including phenoxy) is 3. The lowest BCUT2D eigenvalue weighted by atomic mass is 10.0. The van der Waals surface area contributed by atoms with E-state index in [1.807, 2.05) is 39.0 Å². The molecule has 0 fully saturated rings. The van der Waals surface area contributed by atoms with E-state index in [9.17, 15) is 14.4 Å². The molecule has 0 aliphatic carbocycles. The van der Waals surface area contributed by atoms with Crippen LogP contribution in [0.3, 0.4) is 0 Å². The van der Waals surface area contributed by atoms with Crippen LogP contribution in [0.1, 0.15) is 38.3 Å². The first-order chi connectivity index (χ1) is 16.8. The molecule has 0 aliphatic rings. The predicted octanol–water partition coefficient (Wildman–Crippen LogP) is 3.00. The minimum Gasteiger partial charge on any atom is -0.484 e. The molecule has 2 amide bonds. The van der Waals surface area contributed by atoms with E-state index in [4.69, 9.17) is 14.2 Å². The van der Waals surface area contributed by atoms with Crippen molar-refractivity contribution in [2.45, 2.75) is 40.2 Å². The number of nitrogens with zero attached hydrogens (tertiary/aromatic N) is 1. The van der Waals surface area contributed by atoms with E-state index in [1.165, 1.54) is 6.21 Å². The summed E-state index contributed by atoms with van der Waals surface area (Å²) in [5.74, 6) is -0.0437. The molecule has 0 saturated heterocycles. The van der Waals surface area contributed by atoms with Crippen LogP contribution in [-0.2, 0) is 19.1 Å². The number of amides is 2. The third-order valence-corrected chi connectivity index (χ3v) is 4.72. The van der Waals surface area contributed by atoms with Crippen molar-refractivity contribution in [3.05, 3.63) is 59.7 Å². The van der Waals surface area contributed by atoms with Gasteiger partial charge in [-0.2, -0.15) is 5.10 Å². The van der Waals surface area contributed by atoms with Crippen molar-refractivity contribution in [2.75, 3.05) is 19.8 Å². The number of para-hydroxylation sites is 1. The number of benzene rings is 2. The molecule has 35 heavy (non-hydrogen) atoms. The topological polar surface area (TPSA) is 115 Å². The Labute approximate surface area is 205 Å². The molecule has 0 saturated carbocycles. The van der Waals surface area contributed by atoms with Crippen molar-refractivity contribution in [3.63, 3.8) is 0 Å². The van der Waals surface area contributed by atoms with Gasteiger partial charge in [0.05, 0.1) is 12.8 Å². The SMILES string of the molecule is CCOC(=O)COc1cccc(/C=N\NC(=O)[C@@H](CC(C)C)NC(=O)COc2ccccc2C)c1. The van der Waals surface area contributed by atoms with E-state index in [2.05, 4.69) is 15.8 Å². The summed E-state index contributed by atoms with van der Waals surface area (Å²) in [6, 6.07) is 13.5. The molecule has 188 valence electrons. The predicted molar refractivity (Wildman–Crippen MR) is 132 cm³/mol. The number of esters is 1. The largest absolute Gasteiger partial charge is 0.484 e. The lowest BCUT2D eigenvalue weighted by molar-refractivity contribution is -0.145. The molecule has 2 rings (SSSR count). The number of hydrazone groups is 1. The zero-order valence-electron chi connectivity index (χ0n) is 20.6. The van der Waals surface area contributed by atoms with Gasteiger partial charge >= 0.3 is 5.97 Å². The van der Waals surface area contributed by atoms with E-state index < -0.39 is 23.8 Å². The normalized spacial score (nSPS) is 11.7. The molecule has 0 bridgehead atoms. The van der Waals surface area contributed by atoms with Gasteiger partial charge in [-0.05, 0) is 55.5 Å².